The van der Waals surface area contributed by atoms with Crippen LogP contribution < -0.4 is 5.32 Å². The molecule has 2 N–H and O–H groups in total. The summed E-state index contributed by atoms with van der Waals surface area (Å²) in [5.74, 6) is -1.59. The molecule has 0 radical (unpaired) electrons. The number of aliphatic carboxylic acids is 1. The van der Waals surface area contributed by atoms with E-state index in [1.807, 2.05) is 0 Å². The van der Waals surface area contributed by atoms with Crippen LogP contribution in [0.2, 0.25) is 0 Å². The van der Waals surface area contributed by atoms with Crippen molar-refractivity contribution in [2.45, 2.75) is 39.7 Å². The fraction of sp³-hybridized carbons (Fsp3) is 0.625. The van der Waals surface area contributed by atoms with Gasteiger partial charge in [-0.3, -0.25) is 4.79 Å². The van der Waals surface area contributed by atoms with E-state index in [4.69, 9.17) is 9.84 Å². The summed E-state index contributed by atoms with van der Waals surface area (Å²) in [5, 5.41) is 12.5. The summed E-state index contributed by atoms with van der Waals surface area (Å²) >= 11 is 1.21. The van der Waals surface area contributed by atoms with Crippen LogP contribution in [-0.2, 0) is 9.53 Å². The maximum Gasteiger partial charge on any atom is 0.350 e. The van der Waals surface area contributed by atoms with E-state index in [1.165, 1.54) is 11.3 Å². The van der Waals surface area contributed by atoms with Crippen LogP contribution in [0, 0.1) is 12.8 Å². The molecule has 138 valence electrons. The van der Waals surface area contributed by atoms with E-state index in [1.54, 1.807) is 25.7 Å². The van der Waals surface area contributed by atoms with Crippen molar-refractivity contribution in [1.82, 2.24) is 15.2 Å². The molecule has 0 spiro atoms. The number of carboxylic acids is 1. The van der Waals surface area contributed by atoms with Crippen molar-refractivity contribution in [3.63, 3.8) is 0 Å². The SMILES string of the molecule is CCOC(=O)c1sc(C(C)NC(=O)N2CCC(C(=O)O)CC2)nc1C. The summed E-state index contributed by atoms with van der Waals surface area (Å²) in [6.45, 7) is 6.41. The Morgan fingerprint density at radius 2 is 2.04 bits per heavy atom. The fourth-order valence-electron chi connectivity index (χ4n) is 2.66. The first-order valence-corrected chi connectivity index (χ1v) is 9.07. The Labute approximate surface area is 150 Å². The highest BCUT2D eigenvalue weighted by molar-refractivity contribution is 7.13. The number of aryl methyl sites for hydroxylation is 1. The average Bonchev–Trinajstić information content (AvgIpc) is 2.97. The van der Waals surface area contributed by atoms with Crippen molar-refractivity contribution in [2.24, 2.45) is 5.92 Å². The van der Waals surface area contributed by atoms with Gasteiger partial charge in [-0.05, 0) is 33.6 Å². The zero-order valence-corrected chi connectivity index (χ0v) is 15.4. The lowest BCUT2D eigenvalue weighted by Gasteiger charge is -2.31. The molecule has 8 nitrogen and oxygen atoms in total. The molecular formula is C16H23N3O5S. The Morgan fingerprint density at radius 1 is 1.40 bits per heavy atom. The Morgan fingerprint density at radius 3 is 2.60 bits per heavy atom. The molecule has 1 unspecified atom stereocenters. The van der Waals surface area contributed by atoms with Crippen LogP contribution in [0.15, 0.2) is 0 Å². The van der Waals surface area contributed by atoms with Crippen molar-refractivity contribution < 1.29 is 24.2 Å². The molecule has 25 heavy (non-hydrogen) atoms. The second kappa shape index (κ2) is 8.28. The number of amides is 2. The minimum absolute atomic E-state index is 0.248. The van der Waals surface area contributed by atoms with Gasteiger partial charge in [0.15, 0.2) is 0 Å². The number of likely N-dealkylation sites (tertiary alicyclic amines) is 1. The Balaban J connectivity index is 1.94. The topological polar surface area (TPSA) is 109 Å². The van der Waals surface area contributed by atoms with Crippen LogP contribution in [0.1, 0.15) is 53.1 Å². The molecule has 1 fully saturated rings. The second-order valence-electron chi connectivity index (χ2n) is 5.96. The lowest BCUT2D eigenvalue weighted by molar-refractivity contribution is -0.143. The maximum atomic E-state index is 12.3. The van der Waals surface area contributed by atoms with Gasteiger partial charge in [-0.1, -0.05) is 0 Å². The van der Waals surface area contributed by atoms with Gasteiger partial charge in [0.05, 0.1) is 24.3 Å². The number of aromatic nitrogens is 1. The Bertz CT molecular complexity index is 652. The van der Waals surface area contributed by atoms with Gasteiger partial charge in [0, 0.05) is 13.1 Å². The number of nitrogens with zero attached hydrogens (tertiary/aromatic N) is 2. The lowest BCUT2D eigenvalue weighted by atomic mass is 9.97. The number of piperidine rings is 1. The molecule has 0 bridgehead atoms. The summed E-state index contributed by atoms with van der Waals surface area (Å²) in [4.78, 5) is 41.6. The van der Waals surface area contributed by atoms with Gasteiger partial charge in [0.1, 0.15) is 9.88 Å². The first kappa shape index (κ1) is 19.2. The van der Waals surface area contributed by atoms with Gasteiger partial charge in [0.2, 0.25) is 0 Å². The molecule has 2 heterocycles. The highest BCUT2D eigenvalue weighted by atomic mass is 32.1. The third-order valence-corrected chi connectivity index (χ3v) is 5.44. The number of carbonyl (C=O) groups is 3. The predicted octanol–water partition coefficient (Wildman–Crippen LogP) is 2.20. The summed E-state index contributed by atoms with van der Waals surface area (Å²) in [6.07, 6.45) is 0.918. The minimum atomic E-state index is -0.807. The van der Waals surface area contributed by atoms with Crippen molar-refractivity contribution in [2.75, 3.05) is 19.7 Å². The van der Waals surface area contributed by atoms with E-state index in [9.17, 15) is 14.4 Å². The highest BCUT2D eigenvalue weighted by Gasteiger charge is 2.28. The minimum Gasteiger partial charge on any atom is -0.481 e. The standard InChI is InChI=1S/C16H23N3O5S/c1-4-24-15(22)12-9(2)17-13(25-12)10(3)18-16(23)19-7-5-11(6-8-19)14(20)21/h10-11H,4-8H2,1-3H3,(H,18,23)(H,20,21). The number of hydrogen-bond donors (Lipinski definition) is 2. The molecule has 1 saturated heterocycles. The Hall–Kier alpha value is -2.16. The summed E-state index contributed by atoms with van der Waals surface area (Å²) < 4.78 is 5.00. The molecule has 1 aliphatic heterocycles. The maximum absolute atomic E-state index is 12.3. The first-order chi connectivity index (χ1) is 11.8. The van der Waals surface area contributed by atoms with Crippen LogP contribution in [0.4, 0.5) is 4.79 Å². The number of urea groups is 1. The smallest absolute Gasteiger partial charge is 0.350 e. The van der Waals surface area contributed by atoms with Crippen LogP contribution in [-0.4, -0.2) is 52.7 Å². The number of ether oxygens (including phenoxy) is 1. The van der Waals surface area contributed by atoms with E-state index in [0.717, 1.165) is 0 Å². The van der Waals surface area contributed by atoms with Gasteiger partial charge in [-0.25, -0.2) is 14.6 Å². The molecule has 0 aromatic carbocycles. The number of nitrogens with one attached hydrogen (secondary N) is 1. The molecule has 2 rings (SSSR count). The molecular weight excluding hydrogens is 346 g/mol. The molecule has 1 atom stereocenters. The molecule has 0 saturated carbocycles. The van der Waals surface area contributed by atoms with Crippen molar-refractivity contribution in [3.8, 4) is 0 Å². The third-order valence-electron chi connectivity index (χ3n) is 4.12. The Kier molecular flexibility index (Phi) is 6.35. The van der Waals surface area contributed by atoms with E-state index >= 15 is 0 Å². The molecule has 1 aromatic rings. The van der Waals surface area contributed by atoms with Crippen LogP contribution in [0.3, 0.4) is 0 Å². The lowest BCUT2D eigenvalue weighted by Crippen LogP contribution is -2.46. The number of thiazole rings is 1. The van der Waals surface area contributed by atoms with Gasteiger partial charge in [-0.2, -0.15) is 0 Å². The number of carboxylic acid groups (broad SMARTS) is 1. The summed E-state index contributed by atoms with van der Waals surface area (Å²) in [5.41, 5.74) is 0.585. The molecule has 1 aromatic heterocycles. The highest BCUT2D eigenvalue weighted by Crippen LogP contribution is 2.25. The van der Waals surface area contributed by atoms with Crippen LogP contribution in [0.25, 0.3) is 0 Å². The number of rotatable bonds is 5. The predicted molar refractivity (Wildman–Crippen MR) is 91.7 cm³/mol. The second-order valence-corrected chi connectivity index (χ2v) is 6.99. The first-order valence-electron chi connectivity index (χ1n) is 8.26. The van der Waals surface area contributed by atoms with E-state index < -0.39 is 11.9 Å². The summed E-state index contributed by atoms with van der Waals surface area (Å²) in [7, 11) is 0. The van der Waals surface area contributed by atoms with Crippen molar-refractivity contribution in [1.29, 1.82) is 0 Å². The van der Waals surface area contributed by atoms with Crippen LogP contribution >= 0.6 is 11.3 Å². The van der Waals surface area contributed by atoms with Crippen LogP contribution in [0.5, 0.6) is 0 Å². The summed E-state index contributed by atoms with van der Waals surface area (Å²) in [6, 6.07) is -0.599. The van der Waals surface area contributed by atoms with Gasteiger partial charge in [0.25, 0.3) is 0 Å². The van der Waals surface area contributed by atoms with E-state index in [-0.39, 0.29) is 18.0 Å². The van der Waals surface area contributed by atoms with E-state index in [0.29, 0.717) is 48.1 Å². The molecule has 1 aliphatic rings. The molecule has 0 aliphatic carbocycles. The monoisotopic (exact) mass is 369 g/mol. The fourth-order valence-corrected chi connectivity index (χ4v) is 3.62. The van der Waals surface area contributed by atoms with Crippen molar-refractivity contribution >= 4 is 29.3 Å². The number of esters is 1. The van der Waals surface area contributed by atoms with Crippen molar-refractivity contribution in [3.05, 3.63) is 15.6 Å². The quantitative estimate of drug-likeness (QED) is 0.770. The average molecular weight is 369 g/mol. The zero-order chi connectivity index (χ0) is 18.6. The van der Waals surface area contributed by atoms with E-state index in [2.05, 4.69) is 10.3 Å². The van der Waals surface area contributed by atoms with Gasteiger partial charge < -0.3 is 20.1 Å². The number of carbonyl (C=O) groups excluding carboxylic acids is 2. The normalized spacial score (nSPS) is 16.4. The molecule has 9 heteroatoms. The van der Waals surface area contributed by atoms with Gasteiger partial charge >= 0.3 is 18.0 Å². The third kappa shape index (κ3) is 4.68. The zero-order valence-electron chi connectivity index (χ0n) is 14.6. The molecule has 2 amide bonds. The largest absolute Gasteiger partial charge is 0.481 e. The van der Waals surface area contributed by atoms with Gasteiger partial charge in [-0.15, -0.1) is 11.3 Å². The number of hydrogen-bond acceptors (Lipinski definition) is 6.